The summed E-state index contributed by atoms with van der Waals surface area (Å²) >= 11 is 0. The zero-order chi connectivity index (χ0) is 19.2. The van der Waals surface area contributed by atoms with Crippen LogP contribution in [-0.2, 0) is 12.0 Å². The summed E-state index contributed by atoms with van der Waals surface area (Å²) in [5.74, 6) is 3.93. The Hall–Kier alpha value is -3.02. The normalized spacial score (nSPS) is 14.3. The van der Waals surface area contributed by atoms with Crippen molar-refractivity contribution in [3.8, 4) is 40.0 Å². The molecule has 1 aromatic heterocycles. The van der Waals surface area contributed by atoms with E-state index in [9.17, 15) is 0 Å². The van der Waals surface area contributed by atoms with Gasteiger partial charge < -0.3 is 18.8 Å². The number of aromatic nitrogens is 3. The molecule has 0 radical (unpaired) electrons. The molecule has 27 heavy (non-hydrogen) atoms. The van der Waals surface area contributed by atoms with Gasteiger partial charge in [-0.15, -0.1) is 10.2 Å². The summed E-state index contributed by atoms with van der Waals surface area (Å²) < 4.78 is 18.4. The summed E-state index contributed by atoms with van der Waals surface area (Å²) in [4.78, 5) is 0. The van der Waals surface area contributed by atoms with Crippen LogP contribution >= 0.6 is 0 Å². The van der Waals surface area contributed by atoms with Crippen LogP contribution < -0.4 is 14.2 Å². The summed E-state index contributed by atoms with van der Waals surface area (Å²) in [5, 5.41) is 9.05. The zero-order valence-electron chi connectivity index (χ0n) is 16.2. The Balaban J connectivity index is 1.90. The molecule has 140 valence electrons. The molecule has 6 heteroatoms. The second-order valence-electron chi connectivity index (χ2n) is 7.26. The van der Waals surface area contributed by atoms with E-state index < -0.39 is 0 Å². The second-order valence-corrected chi connectivity index (χ2v) is 7.26. The molecule has 0 amide bonds. The van der Waals surface area contributed by atoms with Crippen LogP contribution in [-0.4, -0.2) is 36.1 Å². The van der Waals surface area contributed by atoms with Crippen LogP contribution in [0.4, 0.5) is 0 Å². The van der Waals surface area contributed by atoms with Gasteiger partial charge >= 0.3 is 0 Å². The highest BCUT2D eigenvalue weighted by Gasteiger charge is 2.35. The smallest absolute Gasteiger partial charge is 0.165 e. The zero-order valence-corrected chi connectivity index (χ0v) is 16.2. The van der Waals surface area contributed by atoms with Crippen LogP contribution in [0.15, 0.2) is 36.4 Å². The first-order chi connectivity index (χ1) is 13.0. The molecule has 0 saturated heterocycles. The van der Waals surface area contributed by atoms with Gasteiger partial charge in [0, 0.05) is 16.7 Å². The molecular weight excluding hydrogens is 342 g/mol. The number of benzene rings is 2. The SMILES string of the molecule is COc1ccc(-c2nnc3n2C(C)(C)Cc2cc(OC)c(OC)cc2-3)cc1. The molecule has 0 fully saturated rings. The maximum atomic E-state index is 5.49. The number of nitrogens with zero attached hydrogens (tertiary/aromatic N) is 3. The van der Waals surface area contributed by atoms with E-state index >= 15 is 0 Å². The highest BCUT2D eigenvalue weighted by atomic mass is 16.5. The second kappa shape index (κ2) is 6.30. The fourth-order valence-electron chi connectivity index (χ4n) is 3.78. The molecule has 4 rings (SSSR count). The van der Waals surface area contributed by atoms with Gasteiger partial charge in [0.2, 0.25) is 0 Å². The third kappa shape index (κ3) is 2.72. The standard InChI is InChI=1S/C21H23N3O3/c1-21(2)12-14-10-17(26-4)18(27-5)11-16(14)20-23-22-19(24(20)21)13-6-8-15(25-3)9-7-13/h6-11H,12H2,1-5H3. The van der Waals surface area contributed by atoms with Crippen molar-refractivity contribution in [1.29, 1.82) is 0 Å². The first-order valence-corrected chi connectivity index (χ1v) is 8.84. The molecule has 0 saturated carbocycles. The number of hydrogen-bond acceptors (Lipinski definition) is 5. The van der Waals surface area contributed by atoms with Gasteiger partial charge in [0.25, 0.3) is 0 Å². The average molecular weight is 365 g/mol. The maximum Gasteiger partial charge on any atom is 0.165 e. The molecule has 0 bridgehead atoms. The minimum Gasteiger partial charge on any atom is -0.497 e. The van der Waals surface area contributed by atoms with E-state index in [1.807, 2.05) is 36.4 Å². The lowest BCUT2D eigenvalue weighted by Gasteiger charge is -2.35. The van der Waals surface area contributed by atoms with Crippen molar-refractivity contribution < 1.29 is 14.2 Å². The summed E-state index contributed by atoms with van der Waals surface area (Å²) in [5.41, 5.74) is 3.03. The van der Waals surface area contributed by atoms with Crippen LogP contribution in [0.25, 0.3) is 22.8 Å². The van der Waals surface area contributed by atoms with Gasteiger partial charge in [-0.05, 0) is 62.2 Å². The molecule has 0 unspecified atom stereocenters. The van der Waals surface area contributed by atoms with E-state index in [1.165, 1.54) is 5.56 Å². The van der Waals surface area contributed by atoms with Crippen molar-refractivity contribution in [2.75, 3.05) is 21.3 Å². The number of methoxy groups -OCH3 is 3. The molecule has 6 nitrogen and oxygen atoms in total. The van der Waals surface area contributed by atoms with Gasteiger partial charge in [0.15, 0.2) is 23.1 Å². The van der Waals surface area contributed by atoms with Crippen LogP contribution in [0.2, 0.25) is 0 Å². The lowest BCUT2D eigenvalue weighted by Crippen LogP contribution is -2.33. The Labute approximate surface area is 158 Å². The fraction of sp³-hybridized carbons (Fsp3) is 0.333. The quantitative estimate of drug-likeness (QED) is 0.701. The van der Waals surface area contributed by atoms with E-state index in [-0.39, 0.29) is 5.54 Å². The molecular formula is C21H23N3O3. The molecule has 1 aliphatic rings. The van der Waals surface area contributed by atoms with E-state index in [4.69, 9.17) is 14.2 Å². The van der Waals surface area contributed by atoms with Gasteiger partial charge in [-0.25, -0.2) is 0 Å². The predicted octanol–water partition coefficient (Wildman–Crippen LogP) is 3.93. The molecule has 0 aliphatic carbocycles. The Morgan fingerprint density at radius 1 is 0.852 bits per heavy atom. The average Bonchev–Trinajstić information content (AvgIpc) is 3.13. The highest BCUT2D eigenvalue weighted by molar-refractivity contribution is 5.71. The lowest BCUT2D eigenvalue weighted by atomic mass is 9.86. The van der Waals surface area contributed by atoms with E-state index in [0.717, 1.165) is 40.7 Å². The van der Waals surface area contributed by atoms with E-state index in [0.29, 0.717) is 5.75 Å². The van der Waals surface area contributed by atoms with Crippen molar-refractivity contribution >= 4 is 0 Å². The fourth-order valence-corrected chi connectivity index (χ4v) is 3.78. The van der Waals surface area contributed by atoms with Crippen LogP contribution in [0, 0.1) is 0 Å². The molecule has 0 atom stereocenters. The number of rotatable bonds is 4. The summed E-state index contributed by atoms with van der Waals surface area (Å²) in [6.07, 6.45) is 0.844. The summed E-state index contributed by atoms with van der Waals surface area (Å²) in [6, 6.07) is 11.9. The van der Waals surface area contributed by atoms with Crippen molar-refractivity contribution in [3.63, 3.8) is 0 Å². The number of fused-ring (bicyclic) bond motifs is 3. The van der Waals surface area contributed by atoms with Gasteiger partial charge in [0.1, 0.15) is 5.75 Å². The van der Waals surface area contributed by atoms with Crippen molar-refractivity contribution in [2.45, 2.75) is 25.8 Å². The third-order valence-corrected chi connectivity index (χ3v) is 5.09. The van der Waals surface area contributed by atoms with Crippen molar-refractivity contribution in [1.82, 2.24) is 14.8 Å². The van der Waals surface area contributed by atoms with Gasteiger partial charge in [-0.3, -0.25) is 0 Å². The topological polar surface area (TPSA) is 58.4 Å². The molecule has 2 aromatic carbocycles. The molecule has 0 spiro atoms. The third-order valence-electron chi connectivity index (χ3n) is 5.09. The van der Waals surface area contributed by atoms with Gasteiger partial charge in [0.05, 0.1) is 21.3 Å². The Morgan fingerprint density at radius 2 is 1.48 bits per heavy atom. The predicted molar refractivity (Wildman–Crippen MR) is 104 cm³/mol. The van der Waals surface area contributed by atoms with Gasteiger partial charge in [-0.1, -0.05) is 0 Å². The van der Waals surface area contributed by atoms with Crippen molar-refractivity contribution in [2.24, 2.45) is 0 Å². The summed E-state index contributed by atoms with van der Waals surface area (Å²) in [6.45, 7) is 4.40. The Bertz CT molecular complexity index is 991. The first-order valence-electron chi connectivity index (χ1n) is 8.84. The largest absolute Gasteiger partial charge is 0.497 e. The first kappa shape index (κ1) is 17.4. The molecule has 3 aromatic rings. The maximum absolute atomic E-state index is 5.49. The molecule has 2 heterocycles. The van der Waals surface area contributed by atoms with Crippen LogP contribution in [0.1, 0.15) is 19.4 Å². The molecule has 1 aliphatic heterocycles. The van der Waals surface area contributed by atoms with Crippen LogP contribution in [0.5, 0.6) is 17.2 Å². The molecule has 0 N–H and O–H groups in total. The highest BCUT2D eigenvalue weighted by Crippen LogP contribution is 2.44. The number of ether oxygens (including phenoxy) is 3. The Morgan fingerprint density at radius 3 is 2.11 bits per heavy atom. The van der Waals surface area contributed by atoms with Crippen molar-refractivity contribution in [3.05, 3.63) is 42.0 Å². The number of hydrogen-bond donors (Lipinski definition) is 0. The van der Waals surface area contributed by atoms with Gasteiger partial charge in [-0.2, -0.15) is 0 Å². The summed E-state index contributed by atoms with van der Waals surface area (Å²) in [7, 11) is 4.96. The minimum atomic E-state index is -0.180. The monoisotopic (exact) mass is 365 g/mol. The van der Waals surface area contributed by atoms with Crippen LogP contribution in [0.3, 0.4) is 0 Å². The lowest BCUT2D eigenvalue weighted by molar-refractivity contribution is 0.341. The van der Waals surface area contributed by atoms with E-state index in [1.54, 1.807) is 21.3 Å². The van der Waals surface area contributed by atoms with E-state index in [2.05, 4.69) is 28.6 Å². The minimum absolute atomic E-state index is 0.180. The Kier molecular flexibility index (Phi) is 4.06.